The zero-order valence-corrected chi connectivity index (χ0v) is 18.2. The van der Waals surface area contributed by atoms with E-state index >= 15 is 0 Å². The summed E-state index contributed by atoms with van der Waals surface area (Å²) >= 11 is 0. The van der Waals surface area contributed by atoms with Crippen LogP contribution in [0.25, 0.3) is 0 Å². The number of hydrogen-bond acceptors (Lipinski definition) is 5. The van der Waals surface area contributed by atoms with Gasteiger partial charge in [-0.05, 0) is 52.8 Å². The Morgan fingerprint density at radius 3 is 2.69 bits per heavy atom. The molecule has 2 bridgehead atoms. The molecule has 8 nitrogen and oxygen atoms in total. The molecule has 162 valence electrons. The number of carbonyl (C=O) groups is 2. The summed E-state index contributed by atoms with van der Waals surface area (Å²) < 4.78 is 8.36. The van der Waals surface area contributed by atoms with Gasteiger partial charge in [-0.1, -0.05) is 0 Å². The molecular formula is C21H34N4O4. The van der Waals surface area contributed by atoms with Gasteiger partial charge in [0.1, 0.15) is 0 Å². The number of amides is 1. The van der Waals surface area contributed by atoms with Gasteiger partial charge in [-0.25, -0.2) is 0 Å². The van der Waals surface area contributed by atoms with E-state index in [2.05, 4.69) is 35.9 Å². The minimum atomic E-state index is -0.250. The fourth-order valence-electron chi connectivity index (χ4n) is 5.62. The summed E-state index contributed by atoms with van der Waals surface area (Å²) in [5.74, 6) is 1.35. The van der Waals surface area contributed by atoms with E-state index in [1.165, 1.54) is 11.3 Å². The van der Waals surface area contributed by atoms with Crippen molar-refractivity contribution in [1.29, 1.82) is 0 Å². The lowest BCUT2D eigenvalue weighted by molar-refractivity contribution is -0.131. The summed E-state index contributed by atoms with van der Waals surface area (Å²) in [5.41, 5.74) is 3.38. The molecule has 0 aromatic carbocycles. The van der Waals surface area contributed by atoms with Crippen molar-refractivity contribution < 1.29 is 19.4 Å². The van der Waals surface area contributed by atoms with Gasteiger partial charge in [-0.15, -0.1) is 0 Å². The van der Waals surface area contributed by atoms with E-state index in [0.717, 1.165) is 44.6 Å². The zero-order valence-electron chi connectivity index (χ0n) is 18.2. The van der Waals surface area contributed by atoms with Crippen LogP contribution in [-0.4, -0.2) is 82.5 Å². The SMILES string of the molecule is Cc1nn(C)c(C)c1CCC(=O)N1C[C@H]2[C@@H](CN(C)C)[C@@H]3CC[C@@]2(C1)O3.O=CO. The van der Waals surface area contributed by atoms with Crippen LogP contribution in [0, 0.1) is 25.7 Å². The van der Waals surface area contributed by atoms with Crippen LogP contribution in [0.5, 0.6) is 0 Å². The molecule has 4 heterocycles. The van der Waals surface area contributed by atoms with Crippen LogP contribution < -0.4 is 0 Å². The first-order valence-corrected chi connectivity index (χ1v) is 10.4. The number of carboxylic acid groups (broad SMARTS) is 1. The number of fused-ring (bicyclic) bond motifs is 1. The molecule has 8 heteroatoms. The Balaban J connectivity index is 0.000000755. The Kier molecular flexibility index (Phi) is 6.33. The van der Waals surface area contributed by atoms with Crippen molar-refractivity contribution in [3.05, 3.63) is 17.0 Å². The summed E-state index contributed by atoms with van der Waals surface area (Å²) in [5, 5.41) is 11.4. The maximum absolute atomic E-state index is 12.9. The minimum Gasteiger partial charge on any atom is -0.483 e. The second-order valence-electron chi connectivity index (χ2n) is 8.94. The first-order chi connectivity index (χ1) is 13.7. The maximum atomic E-state index is 12.9. The van der Waals surface area contributed by atoms with E-state index in [1.807, 2.05) is 18.7 Å². The third-order valence-electron chi connectivity index (χ3n) is 6.96. The van der Waals surface area contributed by atoms with Crippen molar-refractivity contribution >= 4 is 12.4 Å². The molecule has 0 aliphatic carbocycles. The molecule has 1 aromatic rings. The number of hydrogen-bond donors (Lipinski definition) is 1. The highest BCUT2D eigenvalue weighted by molar-refractivity contribution is 5.77. The number of aromatic nitrogens is 2. The Hall–Kier alpha value is -1.93. The second-order valence-corrected chi connectivity index (χ2v) is 8.94. The average Bonchev–Trinajstić information content (AvgIpc) is 3.36. The lowest BCUT2D eigenvalue weighted by Crippen LogP contribution is -2.40. The highest BCUT2D eigenvalue weighted by Gasteiger charge is 2.63. The van der Waals surface area contributed by atoms with Crippen LogP contribution in [0.1, 0.15) is 36.2 Å². The molecular weight excluding hydrogens is 372 g/mol. The van der Waals surface area contributed by atoms with Crippen molar-refractivity contribution in [3.8, 4) is 0 Å². The van der Waals surface area contributed by atoms with E-state index in [0.29, 0.717) is 24.4 Å². The quantitative estimate of drug-likeness (QED) is 0.740. The predicted octanol–water partition coefficient (Wildman–Crippen LogP) is 1.24. The molecule has 1 aromatic heterocycles. The van der Waals surface area contributed by atoms with Crippen LogP contribution >= 0.6 is 0 Å². The molecule has 29 heavy (non-hydrogen) atoms. The first kappa shape index (κ1) is 21.8. The van der Waals surface area contributed by atoms with Crippen LogP contribution in [-0.2, 0) is 27.8 Å². The minimum absolute atomic E-state index is 0.0544. The van der Waals surface area contributed by atoms with Gasteiger partial charge in [0.25, 0.3) is 6.47 Å². The summed E-state index contributed by atoms with van der Waals surface area (Å²) in [4.78, 5) is 25.6. The van der Waals surface area contributed by atoms with Gasteiger partial charge < -0.3 is 19.6 Å². The third kappa shape index (κ3) is 4.05. The molecule has 3 aliphatic rings. The van der Waals surface area contributed by atoms with Crippen molar-refractivity contribution in [2.75, 3.05) is 33.7 Å². The summed E-state index contributed by atoms with van der Waals surface area (Å²) in [7, 11) is 6.23. The number of aryl methyl sites for hydroxylation is 2. The Morgan fingerprint density at radius 1 is 1.41 bits per heavy atom. The maximum Gasteiger partial charge on any atom is 0.290 e. The zero-order chi connectivity index (χ0) is 21.3. The van der Waals surface area contributed by atoms with Crippen LogP contribution in [0.4, 0.5) is 0 Å². The van der Waals surface area contributed by atoms with Crippen molar-refractivity contribution in [3.63, 3.8) is 0 Å². The molecule has 4 atom stereocenters. The molecule has 4 rings (SSSR count). The Bertz CT molecular complexity index is 762. The topological polar surface area (TPSA) is 87.9 Å². The fourth-order valence-corrected chi connectivity index (χ4v) is 5.62. The molecule has 1 amide bonds. The highest BCUT2D eigenvalue weighted by atomic mass is 16.5. The smallest absolute Gasteiger partial charge is 0.290 e. The van der Waals surface area contributed by atoms with Crippen molar-refractivity contribution in [2.24, 2.45) is 18.9 Å². The van der Waals surface area contributed by atoms with Gasteiger partial charge in [-0.2, -0.15) is 5.10 Å². The first-order valence-electron chi connectivity index (χ1n) is 10.4. The lowest BCUT2D eigenvalue weighted by atomic mass is 9.73. The molecule has 0 saturated carbocycles. The molecule has 1 N–H and O–H groups in total. The fraction of sp³-hybridized carbons (Fsp3) is 0.762. The highest BCUT2D eigenvalue weighted by Crippen LogP contribution is 2.55. The van der Waals surface area contributed by atoms with E-state index < -0.39 is 0 Å². The normalized spacial score (nSPS) is 29.7. The number of likely N-dealkylation sites (tertiary alicyclic amines) is 1. The molecule has 0 radical (unpaired) electrons. The second kappa shape index (κ2) is 8.44. The Labute approximate surface area is 172 Å². The van der Waals surface area contributed by atoms with E-state index in [4.69, 9.17) is 14.6 Å². The summed E-state index contributed by atoms with van der Waals surface area (Å²) in [6.07, 6.45) is 4.03. The van der Waals surface area contributed by atoms with E-state index in [-0.39, 0.29) is 18.0 Å². The lowest BCUT2D eigenvalue weighted by Gasteiger charge is -2.30. The molecule has 3 saturated heterocycles. The van der Waals surface area contributed by atoms with Crippen molar-refractivity contribution in [2.45, 2.75) is 51.2 Å². The van der Waals surface area contributed by atoms with Gasteiger partial charge in [0.05, 0.1) is 23.9 Å². The third-order valence-corrected chi connectivity index (χ3v) is 6.96. The van der Waals surface area contributed by atoms with Crippen LogP contribution in [0.15, 0.2) is 0 Å². The van der Waals surface area contributed by atoms with Gasteiger partial charge in [0, 0.05) is 44.1 Å². The van der Waals surface area contributed by atoms with Gasteiger partial charge in [-0.3, -0.25) is 14.3 Å². The molecule has 1 spiro atoms. The molecule has 3 fully saturated rings. The van der Waals surface area contributed by atoms with Gasteiger partial charge in [0.15, 0.2) is 0 Å². The number of rotatable bonds is 5. The monoisotopic (exact) mass is 406 g/mol. The van der Waals surface area contributed by atoms with Gasteiger partial charge in [0.2, 0.25) is 5.91 Å². The van der Waals surface area contributed by atoms with E-state index in [9.17, 15) is 4.79 Å². The predicted molar refractivity (Wildman–Crippen MR) is 109 cm³/mol. The summed E-state index contributed by atoms with van der Waals surface area (Å²) in [6, 6.07) is 0. The largest absolute Gasteiger partial charge is 0.483 e. The van der Waals surface area contributed by atoms with Crippen LogP contribution in [0.2, 0.25) is 0 Å². The summed E-state index contributed by atoms with van der Waals surface area (Å²) in [6.45, 7) is 6.59. The molecule has 3 aliphatic heterocycles. The number of nitrogens with zero attached hydrogens (tertiary/aromatic N) is 4. The van der Waals surface area contributed by atoms with Gasteiger partial charge >= 0.3 is 0 Å². The number of ether oxygens (including phenoxy) is 1. The van der Waals surface area contributed by atoms with Crippen molar-refractivity contribution in [1.82, 2.24) is 19.6 Å². The Morgan fingerprint density at radius 2 is 2.10 bits per heavy atom. The standard InChI is InChI=1S/C20H32N4O2.CH2O2/c1-13-15(14(2)23(5)21-13)6-7-19(25)24-11-17-16(10-22(3)4)18-8-9-20(17,12-24)26-18;2-1-3/h16-18H,6-12H2,1-5H3;1H,(H,2,3)/t16-,17+,18+,20+;/m1./s1. The number of carbonyl (C=O) groups excluding carboxylic acids is 1. The van der Waals surface area contributed by atoms with Crippen LogP contribution in [0.3, 0.4) is 0 Å². The molecule has 0 unspecified atom stereocenters. The van der Waals surface area contributed by atoms with E-state index in [1.54, 1.807) is 0 Å². The average molecular weight is 407 g/mol.